The van der Waals surface area contributed by atoms with E-state index in [9.17, 15) is 18.0 Å². The van der Waals surface area contributed by atoms with Crippen LogP contribution in [0.25, 0.3) is 22.4 Å². The first-order chi connectivity index (χ1) is 13.8. The number of anilines is 1. The minimum Gasteiger partial charge on any atom is -0.358 e. The predicted molar refractivity (Wildman–Crippen MR) is 102 cm³/mol. The summed E-state index contributed by atoms with van der Waals surface area (Å²) in [7, 11) is 0. The van der Waals surface area contributed by atoms with Crippen molar-refractivity contribution < 1.29 is 18.0 Å². The van der Waals surface area contributed by atoms with Gasteiger partial charge in [0.2, 0.25) is 5.91 Å². The Hall–Kier alpha value is -3.32. The number of hydrogen-bond acceptors (Lipinski definition) is 5. The standard InChI is InChI=1S/C18H14ClF3N6O/c1-2-3-13(17(29)26-9-18(20,21)22)27-14-4-5-23-16(28-14)12-8-25-15-11(12)6-10(19)7-24-15/h1,4-8,13H,3,9H2,(H,24,25)(H,26,29)(H,23,27,28)/t13-/m1/s1. The van der Waals surface area contributed by atoms with Crippen LogP contribution in [0.2, 0.25) is 5.02 Å². The second kappa shape index (κ2) is 8.36. The number of alkyl halides is 3. The molecule has 0 aliphatic carbocycles. The van der Waals surface area contributed by atoms with Crippen molar-refractivity contribution in [3.05, 3.63) is 35.7 Å². The molecule has 150 valence electrons. The van der Waals surface area contributed by atoms with E-state index >= 15 is 0 Å². The van der Waals surface area contributed by atoms with Gasteiger partial charge in [-0.2, -0.15) is 13.2 Å². The SMILES string of the molecule is C#CC[C@@H](Nc1ccnc(-c2c[nH]c3ncc(Cl)cc23)n1)C(=O)NCC(F)(F)F. The number of halogens is 4. The van der Waals surface area contributed by atoms with Crippen molar-refractivity contribution in [2.45, 2.75) is 18.6 Å². The average molecular weight is 423 g/mol. The summed E-state index contributed by atoms with van der Waals surface area (Å²) in [6.45, 7) is -1.45. The van der Waals surface area contributed by atoms with Crippen LogP contribution in [0.5, 0.6) is 0 Å². The molecule has 3 aromatic heterocycles. The molecule has 3 N–H and O–H groups in total. The van der Waals surface area contributed by atoms with Gasteiger partial charge < -0.3 is 15.6 Å². The van der Waals surface area contributed by atoms with E-state index in [2.05, 4.69) is 31.2 Å². The van der Waals surface area contributed by atoms with Crippen LogP contribution < -0.4 is 10.6 Å². The second-order valence-corrected chi connectivity index (χ2v) is 6.39. The number of pyridine rings is 1. The molecule has 0 aromatic carbocycles. The van der Waals surface area contributed by atoms with Crippen LogP contribution >= 0.6 is 11.6 Å². The lowest BCUT2D eigenvalue weighted by Crippen LogP contribution is -2.43. The maximum Gasteiger partial charge on any atom is 0.405 e. The molecule has 0 radical (unpaired) electrons. The Kier molecular flexibility index (Phi) is 5.89. The predicted octanol–water partition coefficient (Wildman–Crippen LogP) is 3.16. The third kappa shape index (κ3) is 5.14. The number of aromatic nitrogens is 4. The van der Waals surface area contributed by atoms with E-state index in [0.29, 0.717) is 27.4 Å². The Morgan fingerprint density at radius 1 is 1.38 bits per heavy atom. The number of hydrogen-bond donors (Lipinski definition) is 3. The Morgan fingerprint density at radius 2 is 2.17 bits per heavy atom. The van der Waals surface area contributed by atoms with Crippen LogP contribution in [0.4, 0.5) is 19.0 Å². The second-order valence-electron chi connectivity index (χ2n) is 5.96. The minimum atomic E-state index is -4.52. The Labute approximate surface area is 168 Å². The zero-order valence-corrected chi connectivity index (χ0v) is 15.5. The van der Waals surface area contributed by atoms with Gasteiger partial charge in [-0.1, -0.05) is 11.6 Å². The number of H-pyrrole nitrogens is 1. The molecule has 1 amide bonds. The summed E-state index contributed by atoms with van der Waals surface area (Å²) in [5, 5.41) is 5.69. The van der Waals surface area contributed by atoms with Gasteiger partial charge in [-0.3, -0.25) is 4.79 Å². The molecule has 7 nitrogen and oxygen atoms in total. The van der Waals surface area contributed by atoms with Gasteiger partial charge in [0.05, 0.1) is 5.02 Å². The zero-order chi connectivity index (χ0) is 21.0. The number of amides is 1. The summed E-state index contributed by atoms with van der Waals surface area (Å²) < 4.78 is 37.0. The number of aromatic amines is 1. The highest BCUT2D eigenvalue weighted by Gasteiger charge is 2.29. The van der Waals surface area contributed by atoms with Gasteiger partial charge in [0, 0.05) is 36.0 Å². The van der Waals surface area contributed by atoms with E-state index in [1.165, 1.54) is 18.5 Å². The van der Waals surface area contributed by atoms with Crippen molar-refractivity contribution >= 4 is 34.4 Å². The van der Waals surface area contributed by atoms with Gasteiger partial charge >= 0.3 is 6.18 Å². The maximum atomic E-state index is 12.3. The molecule has 3 aromatic rings. The first-order valence-corrected chi connectivity index (χ1v) is 8.65. The molecule has 0 aliphatic rings. The number of carbonyl (C=O) groups is 1. The molecule has 11 heteroatoms. The topological polar surface area (TPSA) is 95.6 Å². The van der Waals surface area contributed by atoms with E-state index in [1.807, 2.05) is 5.32 Å². The molecule has 0 saturated heterocycles. The van der Waals surface area contributed by atoms with Crippen LogP contribution in [-0.4, -0.2) is 44.6 Å². The Balaban J connectivity index is 1.83. The van der Waals surface area contributed by atoms with Crippen molar-refractivity contribution in [1.82, 2.24) is 25.3 Å². The molecule has 0 bridgehead atoms. The van der Waals surface area contributed by atoms with E-state index in [4.69, 9.17) is 18.0 Å². The lowest BCUT2D eigenvalue weighted by Gasteiger charge is -2.17. The van der Waals surface area contributed by atoms with Crippen molar-refractivity contribution in [2.24, 2.45) is 0 Å². The largest absolute Gasteiger partial charge is 0.405 e. The average Bonchev–Trinajstić information content (AvgIpc) is 3.08. The number of nitrogens with zero attached hydrogens (tertiary/aromatic N) is 3. The summed E-state index contributed by atoms with van der Waals surface area (Å²) in [5.74, 6) is 1.91. The number of carbonyl (C=O) groups excluding carboxylic acids is 1. The number of nitrogens with one attached hydrogen (secondary N) is 3. The van der Waals surface area contributed by atoms with Gasteiger partial charge in [0.15, 0.2) is 5.82 Å². The number of fused-ring (bicyclic) bond motifs is 1. The zero-order valence-electron chi connectivity index (χ0n) is 14.7. The normalized spacial score (nSPS) is 12.4. The lowest BCUT2D eigenvalue weighted by molar-refractivity contribution is -0.138. The van der Waals surface area contributed by atoms with Crippen LogP contribution in [0.15, 0.2) is 30.7 Å². The maximum absolute atomic E-state index is 12.3. The molecule has 3 rings (SSSR count). The molecule has 0 aliphatic heterocycles. The van der Waals surface area contributed by atoms with Crippen LogP contribution in [0.1, 0.15) is 6.42 Å². The lowest BCUT2D eigenvalue weighted by atomic mass is 10.2. The summed E-state index contributed by atoms with van der Waals surface area (Å²) in [6, 6.07) is 2.08. The fraction of sp³-hybridized carbons (Fsp3) is 0.222. The molecule has 29 heavy (non-hydrogen) atoms. The molecule has 0 fully saturated rings. The molecular formula is C18H14ClF3N6O. The molecule has 0 saturated carbocycles. The molecule has 1 atom stereocenters. The van der Waals surface area contributed by atoms with Gasteiger partial charge in [0.25, 0.3) is 0 Å². The summed E-state index contributed by atoms with van der Waals surface area (Å²) in [6.07, 6.45) is 5.18. The van der Waals surface area contributed by atoms with Crippen LogP contribution in [0.3, 0.4) is 0 Å². The van der Waals surface area contributed by atoms with Gasteiger partial charge in [-0.25, -0.2) is 15.0 Å². The van der Waals surface area contributed by atoms with E-state index < -0.39 is 24.7 Å². The highest BCUT2D eigenvalue weighted by molar-refractivity contribution is 6.31. The monoisotopic (exact) mass is 422 g/mol. The summed E-state index contributed by atoms with van der Waals surface area (Å²) in [5.41, 5.74) is 1.21. The van der Waals surface area contributed by atoms with Gasteiger partial charge in [-0.05, 0) is 12.1 Å². The van der Waals surface area contributed by atoms with Crippen molar-refractivity contribution in [3.8, 4) is 23.7 Å². The quantitative estimate of drug-likeness (QED) is 0.530. The molecule has 0 unspecified atom stereocenters. The number of rotatable bonds is 6. The number of terminal acetylenes is 1. The van der Waals surface area contributed by atoms with E-state index in [0.717, 1.165) is 0 Å². The first-order valence-electron chi connectivity index (χ1n) is 8.27. The minimum absolute atomic E-state index is 0.129. The first kappa shape index (κ1) is 20.4. The van der Waals surface area contributed by atoms with Crippen molar-refractivity contribution in [1.29, 1.82) is 0 Å². The van der Waals surface area contributed by atoms with Crippen LogP contribution in [-0.2, 0) is 4.79 Å². The third-order valence-corrected chi connectivity index (χ3v) is 4.02. The molecular weight excluding hydrogens is 409 g/mol. The highest BCUT2D eigenvalue weighted by Crippen LogP contribution is 2.27. The van der Waals surface area contributed by atoms with Gasteiger partial charge in [-0.15, -0.1) is 12.3 Å². The van der Waals surface area contributed by atoms with Crippen molar-refractivity contribution in [3.63, 3.8) is 0 Å². The fourth-order valence-corrected chi connectivity index (χ4v) is 2.71. The Bertz CT molecular complexity index is 1080. The van der Waals surface area contributed by atoms with Crippen molar-refractivity contribution in [2.75, 3.05) is 11.9 Å². The van der Waals surface area contributed by atoms with E-state index in [1.54, 1.807) is 12.3 Å². The fourth-order valence-electron chi connectivity index (χ4n) is 2.55. The molecule has 3 heterocycles. The van der Waals surface area contributed by atoms with Gasteiger partial charge in [0.1, 0.15) is 24.1 Å². The smallest absolute Gasteiger partial charge is 0.358 e. The summed E-state index contributed by atoms with van der Waals surface area (Å²) in [4.78, 5) is 27.7. The summed E-state index contributed by atoms with van der Waals surface area (Å²) >= 11 is 5.99. The van der Waals surface area contributed by atoms with E-state index in [-0.39, 0.29) is 12.2 Å². The molecule has 0 spiro atoms. The highest BCUT2D eigenvalue weighted by atomic mass is 35.5. The Morgan fingerprint density at radius 3 is 2.90 bits per heavy atom. The van der Waals surface area contributed by atoms with Crippen LogP contribution in [0, 0.1) is 12.3 Å². The third-order valence-electron chi connectivity index (χ3n) is 3.82.